The number of rotatable bonds is 4. The molecule has 2 rings (SSSR count). The van der Waals surface area contributed by atoms with Crippen LogP contribution in [-0.4, -0.2) is 26.4 Å². The van der Waals surface area contributed by atoms with Gasteiger partial charge in [0.25, 0.3) is 5.91 Å². The van der Waals surface area contributed by atoms with Gasteiger partial charge in [-0.15, -0.1) is 0 Å². The summed E-state index contributed by atoms with van der Waals surface area (Å²) in [5.74, 6) is 0.237. The first-order valence-electron chi connectivity index (χ1n) is 7.14. The van der Waals surface area contributed by atoms with Crippen LogP contribution >= 0.6 is 0 Å². The number of pyridine rings is 1. The molecule has 22 heavy (non-hydrogen) atoms. The number of nitrogens with zero attached hydrogens (tertiary/aromatic N) is 3. The molecule has 0 fully saturated rings. The molecule has 2 aromatic heterocycles. The third-order valence-corrected chi connectivity index (χ3v) is 2.78. The Bertz CT molecular complexity index is 649. The second-order valence-electron chi connectivity index (χ2n) is 6.13. The highest BCUT2D eigenvalue weighted by Gasteiger charge is 2.17. The maximum atomic E-state index is 12.2. The molecule has 0 aromatic carbocycles. The molecule has 2 aromatic rings. The van der Waals surface area contributed by atoms with Crippen LogP contribution < -0.4 is 10.6 Å². The monoisotopic (exact) mass is 299 g/mol. The third kappa shape index (κ3) is 4.80. The molecule has 2 heterocycles. The topological polar surface area (TPSA) is 79.8 Å². The lowest BCUT2D eigenvalue weighted by atomic mass is 10.1. The Morgan fingerprint density at radius 1 is 1.18 bits per heavy atom. The highest BCUT2D eigenvalue weighted by molar-refractivity contribution is 5.93. The van der Waals surface area contributed by atoms with E-state index in [0.29, 0.717) is 18.2 Å². The molecule has 6 nitrogen and oxygen atoms in total. The van der Waals surface area contributed by atoms with E-state index in [1.165, 1.54) is 0 Å². The zero-order chi connectivity index (χ0) is 16.2. The number of carbonyl (C=O) groups excluding carboxylic acids is 1. The fourth-order valence-corrected chi connectivity index (χ4v) is 1.85. The van der Waals surface area contributed by atoms with Gasteiger partial charge in [-0.05, 0) is 51.5 Å². The number of carbonyl (C=O) groups is 1. The molecular formula is C16H21N5O. The van der Waals surface area contributed by atoms with E-state index >= 15 is 0 Å². The molecule has 1 amide bonds. The van der Waals surface area contributed by atoms with Crippen molar-refractivity contribution < 1.29 is 4.79 Å². The standard InChI is InChI=1S/C16H21N5O/c1-11-9-13(14(22)21-16(2,3)4)20-15(19-11)18-10-12-5-7-17-8-6-12/h5-9H,10H2,1-4H3,(H,21,22)(H,18,19,20). The van der Waals surface area contributed by atoms with Crippen LogP contribution in [0.5, 0.6) is 0 Å². The summed E-state index contributed by atoms with van der Waals surface area (Å²) >= 11 is 0. The number of aryl methyl sites for hydroxylation is 1. The quantitative estimate of drug-likeness (QED) is 0.905. The average Bonchev–Trinajstić information content (AvgIpc) is 2.44. The van der Waals surface area contributed by atoms with Gasteiger partial charge in [0.15, 0.2) is 0 Å². The van der Waals surface area contributed by atoms with Crippen molar-refractivity contribution in [3.05, 3.63) is 47.5 Å². The number of aromatic nitrogens is 3. The van der Waals surface area contributed by atoms with Gasteiger partial charge in [0.1, 0.15) is 5.69 Å². The molecular weight excluding hydrogens is 278 g/mol. The van der Waals surface area contributed by atoms with Crippen molar-refractivity contribution in [1.29, 1.82) is 0 Å². The van der Waals surface area contributed by atoms with Crippen molar-refractivity contribution >= 4 is 11.9 Å². The van der Waals surface area contributed by atoms with Gasteiger partial charge in [0.2, 0.25) is 5.95 Å². The van der Waals surface area contributed by atoms with E-state index in [0.717, 1.165) is 11.3 Å². The first-order valence-corrected chi connectivity index (χ1v) is 7.14. The highest BCUT2D eigenvalue weighted by Crippen LogP contribution is 2.09. The van der Waals surface area contributed by atoms with Crippen molar-refractivity contribution in [1.82, 2.24) is 20.3 Å². The minimum atomic E-state index is -0.305. The minimum absolute atomic E-state index is 0.204. The molecule has 0 saturated carbocycles. The lowest BCUT2D eigenvalue weighted by molar-refractivity contribution is 0.0914. The number of hydrogen-bond acceptors (Lipinski definition) is 5. The summed E-state index contributed by atoms with van der Waals surface area (Å²) < 4.78 is 0. The molecule has 0 saturated heterocycles. The van der Waals surface area contributed by atoms with E-state index in [9.17, 15) is 4.79 Å². The van der Waals surface area contributed by atoms with E-state index in [1.54, 1.807) is 18.5 Å². The Labute approximate surface area is 130 Å². The zero-order valence-electron chi connectivity index (χ0n) is 13.3. The van der Waals surface area contributed by atoms with Crippen LogP contribution in [0.3, 0.4) is 0 Å². The summed E-state index contributed by atoms with van der Waals surface area (Å²) in [6.07, 6.45) is 3.46. The Morgan fingerprint density at radius 2 is 1.86 bits per heavy atom. The van der Waals surface area contributed by atoms with E-state index in [2.05, 4.69) is 25.6 Å². The van der Waals surface area contributed by atoms with Gasteiger partial charge in [-0.2, -0.15) is 0 Å². The normalized spacial score (nSPS) is 11.1. The maximum absolute atomic E-state index is 12.2. The van der Waals surface area contributed by atoms with Gasteiger partial charge < -0.3 is 10.6 Å². The van der Waals surface area contributed by atoms with E-state index < -0.39 is 0 Å². The van der Waals surface area contributed by atoms with Crippen molar-refractivity contribution in [3.63, 3.8) is 0 Å². The number of hydrogen-bond donors (Lipinski definition) is 2. The first kappa shape index (κ1) is 15.9. The zero-order valence-corrected chi connectivity index (χ0v) is 13.3. The van der Waals surface area contributed by atoms with Gasteiger partial charge in [-0.3, -0.25) is 9.78 Å². The Hall–Kier alpha value is -2.50. The van der Waals surface area contributed by atoms with Crippen LogP contribution in [0.15, 0.2) is 30.6 Å². The molecule has 0 aliphatic carbocycles. The molecule has 0 aliphatic rings. The predicted molar refractivity (Wildman–Crippen MR) is 85.6 cm³/mol. The molecule has 0 aliphatic heterocycles. The molecule has 116 valence electrons. The molecule has 0 unspecified atom stereocenters. The van der Waals surface area contributed by atoms with Gasteiger partial charge in [-0.1, -0.05) is 0 Å². The summed E-state index contributed by atoms with van der Waals surface area (Å²) in [6.45, 7) is 8.21. The van der Waals surface area contributed by atoms with Crippen molar-refractivity contribution in [2.75, 3.05) is 5.32 Å². The largest absolute Gasteiger partial charge is 0.350 e. The van der Waals surface area contributed by atoms with E-state index in [4.69, 9.17) is 0 Å². The first-order chi connectivity index (χ1) is 10.3. The van der Waals surface area contributed by atoms with E-state index in [1.807, 2.05) is 39.8 Å². The average molecular weight is 299 g/mol. The fraction of sp³-hybridized carbons (Fsp3) is 0.375. The molecule has 0 atom stereocenters. The van der Waals surface area contributed by atoms with Gasteiger partial charge in [-0.25, -0.2) is 9.97 Å². The van der Waals surface area contributed by atoms with Crippen molar-refractivity contribution in [2.45, 2.75) is 39.8 Å². The second kappa shape index (κ2) is 6.51. The Morgan fingerprint density at radius 3 is 2.50 bits per heavy atom. The Kier molecular flexibility index (Phi) is 4.70. The van der Waals surface area contributed by atoms with Crippen LogP contribution in [0.1, 0.15) is 42.5 Å². The molecule has 0 spiro atoms. The van der Waals surface area contributed by atoms with Crippen LogP contribution in [-0.2, 0) is 6.54 Å². The molecule has 2 N–H and O–H groups in total. The molecule has 0 bridgehead atoms. The summed E-state index contributed by atoms with van der Waals surface area (Å²) in [7, 11) is 0. The van der Waals surface area contributed by atoms with Crippen LogP contribution in [0.25, 0.3) is 0 Å². The lowest BCUT2D eigenvalue weighted by Gasteiger charge is -2.20. The number of nitrogens with one attached hydrogen (secondary N) is 2. The Balaban J connectivity index is 2.11. The van der Waals surface area contributed by atoms with Crippen molar-refractivity contribution in [2.24, 2.45) is 0 Å². The minimum Gasteiger partial charge on any atom is -0.350 e. The maximum Gasteiger partial charge on any atom is 0.270 e. The highest BCUT2D eigenvalue weighted by atomic mass is 16.2. The van der Waals surface area contributed by atoms with Crippen molar-refractivity contribution in [3.8, 4) is 0 Å². The summed E-state index contributed by atoms with van der Waals surface area (Å²) in [6, 6.07) is 5.50. The van der Waals surface area contributed by atoms with Crippen LogP contribution in [0.2, 0.25) is 0 Å². The third-order valence-electron chi connectivity index (χ3n) is 2.78. The molecule has 0 radical (unpaired) electrons. The SMILES string of the molecule is Cc1cc(C(=O)NC(C)(C)C)nc(NCc2ccncc2)n1. The van der Waals surface area contributed by atoms with Crippen LogP contribution in [0, 0.1) is 6.92 Å². The van der Waals surface area contributed by atoms with Gasteiger partial charge in [0, 0.05) is 30.2 Å². The summed E-state index contributed by atoms with van der Waals surface area (Å²) in [4.78, 5) is 24.8. The second-order valence-corrected chi connectivity index (χ2v) is 6.13. The smallest absolute Gasteiger partial charge is 0.270 e. The number of amides is 1. The van der Waals surface area contributed by atoms with E-state index in [-0.39, 0.29) is 11.4 Å². The van der Waals surface area contributed by atoms with Crippen LogP contribution in [0.4, 0.5) is 5.95 Å². The summed E-state index contributed by atoms with van der Waals surface area (Å²) in [5.41, 5.74) is 1.87. The predicted octanol–water partition coefficient (Wildman–Crippen LogP) is 2.32. The van der Waals surface area contributed by atoms with Gasteiger partial charge >= 0.3 is 0 Å². The summed E-state index contributed by atoms with van der Waals surface area (Å²) in [5, 5.41) is 6.03. The number of anilines is 1. The molecule has 6 heteroatoms. The fourth-order valence-electron chi connectivity index (χ4n) is 1.85. The van der Waals surface area contributed by atoms with Gasteiger partial charge in [0.05, 0.1) is 0 Å². The lowest BCUT2D eigenvalue weighted by Crippen LogP contribution is -2.41.